The predicted molar refractivity (Wildman–Crippen MR) is 115 cm³/mol. The van der Waals surface area contributed by atoms with Crippen molar-refractivity contribution in [3.8, 4) is 5.75 Å². The summed E-state index contributed by atoms with van der Waals surface area (Å²) < 4.78 is 11.3. The third kappa shape index (κ3) is 5.71. The highest BCUT2D eigenvalue weighted by Crippen LogP contribution is 2.15. The first kappa shape index (κ1) is 19.7. The van der Waals surface area contributed by atoms with Crippen molar-refractivity contribution in [2.45, 2.75) is 38.9 Å². The third-order valence-corrected chi connectivity index (χ3v) is 5.42. The second kappa shape index (κ2) is 9.76. The zero-order valence-electron chi connectivity index (χ0n) is 17.1. The van der Waals surface area contributed by atoms with E-state index in [2.05, 4.69) is 51.7 Å². The molecular weight excluding hydrogens is 364 g/mol. The smallest absolute Gasteiger partial charge is 0.119 e. The summed E-state index contributed by atoms with van der Waals surface area (Å²) in [4.78, 5) is 7.03. The van der Waals surface area contributed by atoms with Gasteiger partial charge in [-0.25, -0.2) is 4.99 Å². The molecule has 1 saturated heterocycles. The molecule has 2 aliphatic rings. The van der Waals surface area contributed by atoms with Crippen LogP contribution in [-0.4, -0.2) is 43.1 Å². The van der Waals surface area contributed by atoms with Crippen LogP contribution in [0, 0.1) is 0 Å². The van der Waals surface area contributed by atoms with Gasteiger partial charge >= 0.3 is 0 Å². The van der Waals surface area contributed by atoms with Crippen LogP contribution in [0.15, 0.2) is 63.8 Å². The molecule has 29 heavy (non-hydrogen) atoms. The zero-order chi connectivity index (χ0) is 19.9. The van der Waals surface area contributed by atoms with E-state index in [4.69, 9.17) is 9.15 Å². The fraction of sp³-hybridized carbons (Fsp3) is 0.435. The van der Waals surface area contributed by atoms with Gasteiger partial charge in [0.25, 0.3) is 0 Å². The van der Waals surface area contributed by atoms with Crippen LogP contribution in [0.4, 0.5) is 0 Å². The second-order valence-corrected chi connectivity index (χ2v) is 7.70. The van der Waals surface area contributed by atoms with E-state index in [9.17, 15) is 0 Å². The van der Waals surface area contributed by atoms with Crippen molar-refractivity contribution in [3.05, 3.63) is 65.8 Å². The number of amidine groups is 1. The second-order valence-electron chi connectivity index (χ2n) is 7.70. The summed E-state index contributed by atoms with van der Waals surface area (Å²) in [6, 6.07) is 12.2. The summed E-state index contributed by atoms with van der Waals surface area (Å²) in [7, 11) is 0. The fourth-order valence-electron chi connectivity index (χ4n) is 3.69. The van der Waals surface area contributed by atoms with Gasteiger partial charge in [-0.1, -0.05) is 12.1 Å². The van der Waals surface area contributed by atoms with Gasteiger partial charge in [-0.2, -0.15) is 0 Å². The molecule has 4 rings (SSSR count). The van der Waals surface area contributed by atoms with Crippen molar-refractivity contribution < 1.29 is 9.15 Å². The normalized spacial score (nSPS) is 19.6. The Kier molecular flexibility index (Phi) is 6.64. The average Bonchev–Trinajstić information content (AvgIpc) is 3.44. The maximum atomic E-state index is 5.90. The number of hydrogen-bond donors (Lipinski definition) is 2. The highest BCUT2D eigenvalue weighted by atomic mass is 16.5. The van der Waals surface area contributed by atoms with Crippen LogP contribution < -0.4 is 15.4 Å². The summed E-state index contributed by atoms with van der Waals surface area (Å²) in [5.74, 6) is 2.81. The highest BCUT2D eigenvalue weighted by molar-refractivity contribution is 5.86. The van der Waals surface area contributed by atoms with Gasteiger partial charge in [0.2, 0.25) is 0 Å². The van der Waals surface area contributed by atoms with Crippen molar-refractivity contribution in [3.63, 3.8) is 0 Å². The fourth-order valence-corrected chi connectivity index (χ4v) is 3.69. The van der Waals surface area contributed by atoms with Crippen LogP contribution in [0.5, 0.6) is 5.75 Å². The lowest BCUT2D eigenvalue weighted by atomic mass is 10.1. The standard InChI is InChI=1S/C23H30N4O2/c1-18-16-24-22(26-23(18)25-17-21-5-4-13-28-21)15-19-6-8-20(9-7-19)29-14-12-27-10-2-3-11-27/h4-9,13,16,23,25H,2-3,10-12,14-15,17H2,1H3,(H,24,26). The lowest BCUT2D eigenvalue weighted by Crippen LogP contribution is -2.48. The SMILES string of the molecule is CC1=CN=C(Cc2ccc(OCCN3CCCC3)cc2)NC1NCc1ccco1. The van der Waals surface area contributed by atoms with Crippen molar-refractivity contribution in [2.24, 2.45) is 4.99 Å². The van der Waals surface area contributed by atoms with E-state index < -0.39 is 0 Å². The Morgan fingerprint density at radius 2 is 2.03 bits per heavy atom. The van der Waals surface area contributed by atoms with Gasteiger partial charge in [-0.15, -0.1) is 0 Å². The molecule has 1 unspecified atom stereocenters. The summed E-state index contributed by atoms with van der Waals surface area (Å²) in [5.41, 5.74) is 2.36. The first-order chi connectivity index (χ1) is 14.3. The molecule has 0 aliphatic carbocycles. The van der Waals surface area contributed by atoms with E-state index in [1.165, 1.54) is 31.5 Å². The number of likely N-dealkylation sites (tertiary alicyclic amines) is 1. The zero-order valence-corrected chi connectivity index (χ0v) is 17.1. The van der Waals surface area contributed by atoms with Gasteiger partial charge in [-0.3, -0.25) is 10.2 Å². The number of nitrogens with one attached hydrogen (secondary N) is 2. The van der Waals surface area contributed by atoms with E-state index >= 15 is 0 Å². The van der Waals surface area contributed by atoms with Crippen molar-refractivity contribution in [1.82, 2.24) is 15.5 Å². The summed E-state index contributed by atoms with van der Waals surface area (Å²) in [6.45, 7) is 6.93. The monoisotopic (exact) mass is 394 g/mol. The number of hydrogen-bond acceptors (Lipinski definition) is 6. The van der Waals surface area contributed by atoms with Crippen molar-refractivity contribution in [2.75, 3.05) is 26.2 Å². The number of nitrogens with zero attached hydrogens (tertiary/aromatic N) is 2. The Balaban J connectivity index is 1.24. The summed E-state index contributed by atoms with van der Waals surface area (Å²) in [5, 5.41) is 6.95. The molecule has 0 bridgehead atoms. The van der Waals surface area contributed by atoms with Crippen LogP contribution in [0.2, 0.25) is 0 Å². The lowest BCUT2D eigenvalue weighted by Gasteiger charge is -2.25. The van der Waals surface area contributed by atoms with E-state index in [0.29, 0.717) is 6.54 Å². The average molecular weight is 395 g/mol. The Labute approximate surface area is 172 Å². The third-order valence-electron chi connectivity index (χ3n) is 5.42. The molecule has 6 heteroatoms. The minimum Gasteiger partial charge on any atom is -0.492 e. The Morgan fingerprint density at radius 1 is 1.21 bits per heavy atom. The Morgan fingerprint density at radius 3 is 2.79 bits per heavy atom. The first-order valence-corrected chi connectivity index (χ1v) is 10.5. The minimum atomic E-state index is 0.0563. The molecule has 2 N–H and O–H groups in total. The largest absolute Gasteiger partial charge is 0.492 e. The molecule has 0 radical (unpaired) electrons. The number of benzene rings is 1. The van der Waals surface area contributed by atoms with Crippen LogP contribution in [0.1, 0.15) is 31.1 Å². The van der Waals surface area contributed by atoms with E-state index in [0.717, 1.165) is 42.5 Å². The molecule has 3 heterocycles. The summed E-state index contributed by atoms with van der Waals surface area (Å²) in [6.07, 6.45) is 7.08. The minimum absolute atomic E-state index is 0.0563. The van der Waals surface area contributed by atoms with Gasteiger partial charge in [-0.05, 0) is 68.3 Å². The maximum Gasteiger partial charge on any atom is 0.119 e. The number of aliphatic imine (C=N–C) groups is 1. The van der Waals surface area contributed by atoms with Crippen LogP contribution in [0.25, 0.3) is 0 Å². The Hall–Kier alpha value is -2.57. The van der Waals surface area contributed by atoms with E-state index in [1.54, 1.807) is 6.26 Å². The molecule has 0 saturated carbocycles. The molecule has 2 aromatic rings. The van der Waals surface area contributed by atoms with Gasteiger partial charge in [0.1, 0.15) is 30.1 Å². The van der Waals surface area contributed by atoms with Gasteiger partial charge in [0.05, 0.1) is 12.8 Å². The van der Waals surface area contributed by atoms with E-state index in [1.807, 2.05) is 18.3 Å². The number of rotatable bonds is 9. The topological polar surface area (TPSA) is 62.0 Å². The predicted octanol–water partition coefficient (Wildman–Crippen LogP) is 3.32. The molecule has 6 nitrogen and oxygen atoms in total. The molecule has 0 spiro atoms. The molecule has 1 atom stereocenters. The van der Waals surface area contributed by atoms with Crippen molar-refractivity contribution >= 4 is 5.84 Å². The quantitative estimate of drug-likeness (QED) is 0.683. The highest BCUT2D eigenvalue weighted by Gasteiger charge is 2.17. The molecule has 2 aliphatic heterocycles. The van der Waals surface area contributed by atoms with Gasteiger partial charge in [0.15, 0.2) is 0 Å². The molecule has 154 valence electrons. The van der Waals surface area contributed by atoms with Crippen LogP contribution in [0.3, 0.4) is 0 Å². The Bertz CT molecular complexity index is 821. The molecule has 1 aromatic heterocycles. The molecule has 1 fully saturated rings. The molecular formula is C23H30N4O2. The lowest BCUT2D eigenvalue weighted by molar-refractivity contribution is 0.238. The molecule has 0 amide bonds. The maximum absolute atomic E-state index is 5.90. The van der Waals surface area contributed by atoms with Gasteiger partial charge < -0.3 is 14.5 Å². The van der Waals surface area contributed by atoms with E-state index in [-0.39, 0.29) is 6.17 Å². The number of furan rings is 1. The number of ether oxygens (including phenoxy) is 1. The summed E-state index contributed by atoms with van der Waals surface area (Å²) >= 11 is 0. The first-order valence-electron chi connectivity index (χ1n) is 10.5. The van der Waals surface area contributed by atoms with Gasteiger partial charge in [0, 0.05) is 19.2 Å². The van der Waals surface area contributed by atoms with Crippen LogP contribution >= 0.6 is 0 Å². The van der Waals surface area contributed by atoms with Crippen LogP contribution in [-0.2, 0) is 13.0 Å². The van der Waals surface area contributed by atoms with Crippen molar-refractivity contribution in [1.29, 1.82) is 0 Å². The molecule has 1 aromatic carbocycles.